The molecule has 1 aliphatic carbocycles. The number of hydrogen-bond acceptors (Lipinski definition) is 4. The summed E-state index contributed by atoms with van der Waals surface area (Å²) in [6.45, 7) is 0. The van der Waals surface area contributed by atoms with Crippen LogP contribution in [0.2, 0.25) is 0 Å². The maximum Gasteiger partial charge on any atom is 0.124 e. The van der Waals surface area contributed by atoms with Gasteiger partial charge in [0.15, 0.2) is 0 Å². The summed E-state index contributed by atoms with van der Waals surface area (Å²) in [6.07, 6.45) is 0. The summed E-state index contributed by atoms with van der Waals surface area (Å²) >= 11 is 0. The minimum atomic E-state index is 0.766. The molecule has 0 bridgehead atoms. The van der Waals surface area contributed by atoms with E-state index in [2.05, 4.69) is 69.2 Å². The van der Waals surface area contributed by atoms with Gasteiger partial charge in [-0.3, -0.25) is 0 Å². The Labute approximate surface area is 136 Å². The van der Waals surface area contributed by atoms with E-state index in [4.69, 9.17) is 0 Å². The summed E-state index contributed by atoms with van der Waals surface area (Å²) in [5.41, 5.74) is 0. The number of fused-ring (bicyclic) bond motifs is 4. The van der Waals surface area contributed by atoms with Crippen molar-refractivity contribution in [1.82, 2.24) is 20.6 Å². The standard InChI is InChI=1S/C20H12N4/c1-2-8-14-13(7-1)15-9-3-5-11-17(15)19-20(22-24-23-21-19)18-12-6-4-10-16(14)18/h1-12H/b15-13-,16-14-,19-17+,20-18+. The van der Waals surface area contributed by atoms with E-state index in [0.717, 1.165) is 31.6 Å². The highest BCUT2D eigenvalue weighted by molar-refractivity contribution is 5.26. The molecule has 4 nitrogen and oxygen atoms in total. The van der Waals surface area contributed by atoms with Crippen LogP contribution < -0.4 is 0 Å². The van der Waals surface area contributed by atoms with Gasteiger partial charge >= 0.3 is 0 Å². The molecule has 3 aromatic carbocycles. The van der Waals surface area contributed by atoms with Gasteiger partial charge in [0.1, 0.15) is 10.7 Å². The Morgan fingerprint density at radius 3 is 1.04 bits per heavy atom. The first-order chi connectivity index (χ1) is 11.9. The molecule has 1 aliphatic rings. The molecule has 0 saturated carbocycles. The Bertz CT molecular complexity index is 1080. The first kappa shape index (κ1) is 13.1. The molecule has 0 spiro atoms. The Morgan fingerprint density at radius 2 is 0.667 bits per heavy atom. The molecule has 0 amide bonds. The van der Waals surface area contributed by atoms with E-state index >= 15 is 0 Å². The van der Waals surface area contributed by atoms with E-state index in [1.54, 1.807) is 0 Å². The molecule has 24 heavy (non-hydrogen) atoms. The molecular weight excluding hydrogens is 296 g/mol. The third-order valence-electron chi connectivity index (χ3n) is 4.43. The van der Waals surface area contributed by atoms with Crippen LogP contribution in [0, 0.1) is 42.0 Å². The van der Waals surface area contributed by atoms with E-state index < -0.39 is 0 Å². The van der Waals surface area contributed by atoms with Gasteiger partial charge < -0.3 is 0 Å². The maximum absolute atomic E-state index is 4.31. The number of rotatable bonds is 0. The highest BCUT2D eigenvalue weighted by Gasteiger charge is 2.01. The first-order valence-corrected chi connectivity index (χ1v) is 7.78. The molecule has 5 rings (SSSR count). The van der Waals surface area contributed by atoms with Crippen molar-refractivity contribution in [2.24, 2.45) is 0 Å². The smallest absolute Gasteiger partial charge is 0.124 e. The summed E-state index contributed by atoms with van der Waals surface area (Å²) in [4.78, 5) is 0. The van der Waals surface area contributed by atoms with Crippen molar-refractivity contribution in [1.29, 1.82) is 0 Å². The van der Waals surface area contributed by atoms with E-state index in [0.29, 0.717) is 0 Å². The van der Waals surface area contributed by atoms with Gasteiger partial charge in [0, 0.05) is 10.4 Å². The number of aromatic nitrogens is 4. The van der Waals surface area contributed by atoms with Crippen LogP contribution >= 0.6 is 0 Å². The third-order valence-corrected chi connectivity index (χ3v) is 4.43. The molecule has 4 aromatic rings. The lowest BCUT2D eigenvalue weighted by atomic mass is 10.1. The number of hydrogen-bond donors (Lipinski definition) is 0. The van der Waals surface area contributed by atoms with Crippen molar-refractivity contribution in [3.63, 3.8) is 0 Å². The van der Waals surface area contributed by atoms with E-state index in [1.165, 1.54) is 10.4 Å². The molecule has 0 saturated heterocycles. The van der Waals surface area contributed by atoms with Gasteiger partial charge in [-0.2, -0.15) is 0 Å². The average Bonchev–Trinajstić information content (AvgIpc) is 2.67. The zero-order valence-electron chi connectivity index (χ0n) is 12.7. The molecule has 0 atom stereocenters. The minimum absolute atomic E-state index is 0.766. The molecule has 0 N–H and O–H groups in total. The van der Waals surface area contributed by atoms with Gasteiger partial charge in [0.2, 0.25) is 0 Å². The van der Waals surface area contributed by atoms with E-state index in [-0.39, 0.29) is 0 Å². The van der Waals surface area contributed by atoms with Crippen LogP contribution in [0.5, 0.6) is 0 Å². The first-order valence-electron chi connectivity index (χ1n) is 7.78. The van der Waals surface area contributed by atoms with Crippen molar-refractivity contribution < 1.29 is 0 Å². The fourth-order valence-electron chi connectivity index (χ4n) is 3.39. The number of benzene rings is 3. The topological polar surface area (TPSA) is 51.6 Å². The van der Waals surface area contributed by atoms with E-state index in [9.17, 15) is 0 Å². The van der Waals surface area contributed by atoms with E-state index in [1.807, 2.05) is 24.3 Å². The van der Waals surface area contributed by atoms with Crippen LogP contribution in [0.25, 0.3) is 0 Å². The fraction of sp³-hybridized carbons (Fsp3) is 0. The zero-order valence-corrected chi connectivity index (χ0v) is 12.7. The highest BCUT2D eigenvalue weighted by Crippen LogP contribution is 2.09. The third kappa shape index (κ3) is 1.80. The van der Waals surface area contributed by atoms with Crippen molar-refractivity contribution in [2.75, 3.05) is 0 Å². The van der Waals surface area contributed by atoms with Crippen molar-refractivity contribution >= 4 is 0 Å². The molecule has 0 radical (unpaired) electrons. The molecular formula is C20H12N4. The largest absolute Gasteiger partial charge is 0.126 e. The van der Waals surface area contributed by atoms with Crippen LogP contribution in [0.15, 0.2) is 72.8 Å². The summed E-state index contributed by atoms with van der Waals surface area (Å²) in [7, 11) is 0. The molecule has 1 heterocycles. The highest BCUT2D eigenvalue weighted by atomic mass is 15.4. The average molecular weight is 308 g/mol. The maximum atomic E-state index is 4.31. The monoisotopic (exact) mass is 308 g/mol. The van der Waals surface area contributed by atoms with Crippen LogP contribution in [0.3, 0.4) is 0 Å². The second-order valence-electron chi connectivity index (χ2n) is 5.71. The molecule has 1 aromatic heterocycles. The van der Waals surface area contributed by atoms with Crippen molar-refractivity contribution in [2.45, 2.75) is 0 Å². The summed E-state index contributed by atoms with van der Waals surface area (Å²) in [6, 6.07) is 24.9. The Hall–Kier alpha value is -3.40. The van der Waals surface area contributed by atoms with Gasteiger partial charge in [-0.1, -0.05) is 72.8 Å². The Balaban J connectivity index is 2.48. The molecule has 0 unspecified atom stereocenters. The Morgan fingerprint density at radius 1 is 0.375 bits per heavy atom. The second-order valence-corrected chi connectivity index (χ2v) is 5.71. The lowest BCUT2D eigenvalue weighted by molar-refractivity contribution is 0.727. The van der Waals surface area contributed by atoms with Crippen LogP contribution in [0.1, 0.15) is 0 Å². The molecule has 0 fully saturated rings. The molecule has 4 heteroatoms. The predicted molar refractivity (Wildman–Crippen MR) is 87.6 cm³/mol. The molecule has 0 aliphatic heterocycles. The normalized spacial score (nSPS) is 17.3. The summed E-state index contributed by atoms with van der Waals surface area (Å²) < 4.78 is 0. The SMILES string of the molecule is c1ccc2/c(c1)=c1/cccc/c1=c1\nnnn\c1=c1/cccc/c1=2. The molecule has 112 valence electrons. The van der Waals surface area contributed by atoms with Crippen molar-refractivity contribution in [3.8, 4) is 0 Å². The fourth-order valence-corrected chi connectivity index (χ4v) is 3.39. The van der Waals surface area contributed by atoms with Gasteiger partial charge in [0.05, 0.1) is 0 Å². The summed E-state index contributed by atoms with van der Waals surface area (Å²) in [5, 5.41) is 24.4. The Kier molecular flexibility index (Phi) is 2.76. The van der Waals surface area contributed by atoms with Gasteiger partial charge in [-0.05, 0) is 31.3 Å². The van der Waals surface area contributed by atoms with Crippen LogP contribution in [-0.2, 0) is 0 Å². The summed E-state index contributed by atoms with van der Waals surface area (Å²) in [5.74, 6) is 0. The van der Waals surface area contributed by atoms with Crippen LogP contribution in [0.4, 0.5) is 0 Å². The van der Waals surface area contributed by atoms with Crippen LogP contribution in [-0.4, -0.2) is 20.6 Å². The van der Waals surface area contributed by atoms with Crippen molar-refractivity contribution in [3.05, 3.63) is 115 Å². The quantitative estimate of drug-likeness (QED) is 0.441. The zero-order chi connectivity index (χ0) is 15.9. The van der Waals surface area contributed by atoms with Gasteiger partial charge in [-0.25, -0.2) is 0 Å². The van der Waals surface area contributed by atoms with Gasteiger partial charge in [0.25, 0.3) is 0 Å². The van der Waals surface area contributed by atoms with Gasteiger partial charge in [-0.15, -0.1) is 10.2 Å². The lowest BCUT2D eigenvalue weighted by Gasteiger charge is -2.00. The second kappa shape index (κ2) is 5.06. The lowest BCUT2D eigenvalue weighted by Crippen LogP contribution is -1.98. The predicted octanol–water partition coefficient (Wildman–Crippen LogP) is 2.73. The minimum Gasteiger partial charge on any atom is -0.126 e. The number of nitrogens with zero attached hydrogens (tertiary/aromatic N) is 4.